The zero-order valence-electron chi connectivity index (χ0n) is 43.9. The van der Waals surface area contributed by atoms with Gasteiger partial charge in [0.25, 0.3) is 0 Å². The Morgan fingerprint density at radius 3 is 1.04 bits per heavy atom. The van der Waals surface area contributed by atoms with Gasteiger partial charge in [0.15, 0.2) is 0 Å². The summed E-state index contributed by atoms with van der Waals surface area (Å²) in [5.74, 6) is -0.0803. The molecule has 4 heteroatoms. The molecule has 2 atom stereocenters. The third-order valence-electron chi connectivity index (χ3n) is 12.2. The Kier molecular flexibility index (Phi) is 54.4. The van der Waals surface area contributed by atoms with E-state index in [-0.39, 0.29) is 12.5 Å². The second kappa shape index (κ2) is 57.1. The van der Waals surface area contributed by atoms with Crippen molar-refractivity contribution in [2.75, 3.05) is 6.61 Å². The zero-order valence-corrected chi connectivity index (χ0v) is 43.9. The number of rotatable bonds is 50. The summed E-state index contributed by atoms with van der Waals surface area (Å²) >= 11 is 0. The number of hydrogen-bond acceptors (Lipinski definition) is 3. The second-order valence-electron chi connectivity index (χ2n) is 18.6. The van der Waals surface area contributed by atoms with Crippen LogP contribution in [-0.2, 0) is 4.79 Å². The van der Waals surface area contributed by atoms with Gasteiger partial charge in [0.1, 0.15) is 0 Å². The van der Waals surface area contributed by atoms with Crippen LogP contribution in [0.2, 0.25) is 0 Å². The van der Waals surface area contributed by atoms with Gasteiger partial charge in [0.2, 0.25) is 5.91 Å². The van der Waals surface area contributed by atoms with E-state index in [4.69, 9.17) is 0 Å². The summed E-state index contributed by atoms with van der Waals surface area (Å²) in [5, 5.41) is 23.0. The summed E-state index contributed by atoms with van der Waals surface area (Å²) in [6.45, 7) is 4.15. The van der Waals surface area contributed by atoms with Gasteiger partial charge in [0, 0.05) is 6.42 Å². The molecule has 0 heterocycles. The van der Waals surface area contributed by atoms with E-state index in [1.807, 2.05) is 6.08 Å². The molecule has 0 bridgehead atoms. The first-order valence-electron chi connectivity index (χ1n) is 28.2. The SMILES string of the molecule is CC/C=C\C/C=C\C/C=C\C/C=C\C/C=C\C/C=C\C/C=C\CCCCCCCCCCCCCCCCCCCCCC(=O)NC(CO)C(O)/C=C/CC/C=C/CC/C=C/CCCCCC. The molecule has 0 aromatic heterocycles. The fraction of sp³-hybridized carbons (Fsp3) is 0.667. The van der Waals surface area contributed by atoms with E-state index < -0.39 is 12.1 Å². The Bertz CT molecular complexity index is 1330. The van der Waals surface area contributed by atoms with Gasteiger partial charge < -0.3 is 15.5 Å². The van der Waals surface area contributed by atoms with Gasteiger partial charge in [0.05, 0.1) is 18.8 Å². The third-order valence-corrected chi connectivity index (χ3v) is 12.2. The third kappa shape index (κ3) is 53.6. The van der Waals surface area contributed by atoms with Gasteiger partial charge in [-0.15, -0.1) is 0 Å². The molecule has 0 aromatic rings. The quantitative estimate of drug-likeness (QED) is 0.0421. The van der Waals surface area contributed by atoms with Crippen molar-refractivity contribution in [3.05, 3.63) is 122 Å². The molecule has 0 aliphatic heterocycles. The number of carbonyl (C=O) groups is 1. The maximum atomic E-state index is 12.4. The second-order valence-corrected chi connectivity index (χ2v) is 18.6. The molecule has 0 rings (SSSR count). The van der Waals surface area contributed by atoms with Crippen LogP contribution in [0.4, 0.5) is 0 Å². The monoisotopic (exact) mass is 926 g/mol. The highest BCUT2D eigenvalue weighted by Gasteiger charge is 2.17. The standard InChI is InChI=1S/C63H107NO3/c1-3-5-7-9-11-13-15-17-19-20-21-22-23-24-25-26-27-28-29-30-31-32-33-34-35-36-37-38-39-40-41-42-43-44-45-47-49-51-53-55-57-59-63(67)64-61(60-65)62(66)58-56-54-52-50-48-46-18-16-14-12-10-8-6-4-2/h5,7,11,13-14,16-17,19,21-22,24-25,27-28,30-31,48,50,56,58,61-62,65-66H,3-4,6,8-10,12,15,18,20,23,26,29,32-47,49,51-55,57,59-60H2,1-2H3,(H,64,67)/b7-5-,13-11-,16-14+,19-17-,22-21-,25-24-,28-27-,31-30-,50-48+,58-56+. The predicted octanol–water partition coefficient (Wildman–Crippen LogP) is 18.9. The van der Waals surface area contributed by atoms with Gasteiger partial charge in [-0.05, 0) is 103 Å². The predicted molar refractivity (Wildman–Crippen MR) is 299 cm³/mol. The normalized spacial score (nSPS) is 13.8. The van der Waals surface area contributed by atoms with Crippen molar-refractivity contribution < 1.29 is 15.0 Å². The summed E-state index contributed by atoms with van der Waals surface area (Å²) in [6, 6.07) is -0.649. The fourth-order valence-corrected chi connectivity index (χ4v) is 7.90. The number of carbonyl (C=O) groups excluding carboxylic acids is 1. The van der Waals surface area contributed by atoms with E-state index in [2.05, 4.69) is 129 Å². The molecule has 0 aliphatic carbocycles. The van der Waals surface area contributed by atoms with Crippen molar-refractivity contribution in [2.45, 2.75) is 264 Å². The summed E-state index contributed by atoms with van der Waals surface area (Å²) in [5.41, 5.74) is 0. The van der Waals surface area contributed by atoms with Gasteiger partial charge in [-0.25, -0.2) is 0 Å². The van der Waals surface area contributed by atoms with Gasteiger partial charge >= 0.3 is 0 Å². The molecule has 0 spiro atoms. The highest BCUT2D eigenvalue weighted by atomic mass is 16.3. The molecule has 0 fully saturated rings. The number of hydrogen-bond donors (Lipinski definition) is 3. The molecule has 1 amide bonds. The first kappa shape index (κ1) is 63.8. The highest BCUT2D eigenvalue weighted by molar-refractivity contribution is 5.76. The van der Waals surface area contributed by atoms with Crippen molar-refractivity contribution in [3.8, 4) is 0 Å². The molecule has 0 saturated heterocycles. The van der Waals surface area contributed by atoms with Crippen LogP contribution in [0.3, 0.4) is 0 Å². The molecule has 382 valence electrons. The molecule has 0 aromatic carbocycles. The van der Waals surface area contributed by atoms with E-state index in [0.717, 1.165) is 83.5 Å². The van der Waals surface area contributed by atoms with Crippen LogP contribution >= 0.6 is 0 Å². The Labute approximate surface area is 416 Å². The van der Waals surface area contributed by atoms with Crippen LogP contribution in [0.15, 0.2) is 122 Å². The van der Waals surface area contributed by atoms with Crippen LogP contribution in [-0.4, -0.2) is 34.9 Å². The van der Waals surface area contributed by atoms with Gasteiger partial charge in [-0.1, -0.05) is 264 Å². The zero-order chi connectivity index (χ0) is 48.5. The van der Waals surface area contributed by atoms with Crippen LogP contribution in [0.25, 0.3) is 0 Å². The minimum atomic E-state index is -0.874. The minimum absolute atomic E-state index is 0.0803. The number of allylic oxidation sites excluding steroid dienone is 19. The molecule has 3 N–H and O–H groups in total. The van der Waals surface area contributed by atoms with Gasteiger partial charge in [-0.2, -0.15) is 0 Å². The maximum absolute atomic E-state index is 12.4. The lowest BCUT2D eigenvalue weighted by Crippen LogP contribution is -2.45. The largest absolute Gasteiger partial charge is 0.394 e. The molecule has 0 radical (unpaired) electrons. The minimum Gasteiger partial charge on any atom is -0.394 e. The van der Waals surface area contributed by atoms with Crippen molar-refractivity contribution >= 4 is 5.91 Å². The van der Waals surface area contributed by atoms with Crippen molar-refractivity contribution in [3.63, 3.8) is 0 Å². The van der Waals surface area contributed by atoms with E-state index in [0.29, 0.717) is 6.42 Å². The molecular formula is C63H107NO3. The molecule has 67 heavy (non-hydrogen) atoms. The van der Waals surface area contributed by atoms with E-state index >= 15 is 0 Å². The number of amides is 1. The first-order valence-corrected chi connectivity index (χ1v) is 28.2. The topological polar surface area (TPSA) is 69.6 Å². The number of unbranched alkanes of at least 4 members (excludes halogenated alkanes) is 25. The molecule has 0 saturated carbocycles. The van der Waals surface area contributed by atoms with E-state index in [9.17, 15) is 15.0 Å². The summed E-state index contributed by atoms with van der Waals surface area (Å²) in [7, 11) is 0. The summed E-state index contributed by atoms with van der Waals surface area (Å²) < 4.78 is 0. The molecule has 4 nitrogen and oxygen atoms in total. The van der Waals surface area contributed by atoms with Gasteiger partial charge in [-0.3, -0.25) is 4.79 Å². The van der Waals surface area contributed by atoms with Crippen molar-refractivity contribution in [2.24, 2.45) is 0 Å². The van der Waals surface area contributed by atoms with E-state index in [1.165, 1.54) is 148 Å². The van der Waals surface area contributed by atoms with Crippen molar-refractivity contribution in [1.82, 2.24) is 5.32 Å². The molecule has 0 aliphatic rings. The fourth-order valence-electron chi connectivity index (χ4n) is 7.90. The Balaban J connectivity index is 3.51. The molecule has 2 unspecified atom stereocenters. The molecular weight excluding hydrogens is 819 g/mol. The lowest BCUT2D eigenvalue weighted by Gasteiger charge is -2.19. The summed E-state index contributed by atoms with van der Waals surface area (Å²) in [6.07, 6.45) is 87.9. The average Bonchev–Trinajstić information content (AvgIpc) is 3.33. The Morgan fingerprint density at radius 1 is 0.373 bits per heavy atom. The number of nitrogens with one attached hydrogen (secondary N) is 1. The van der Waals surface area contributed by atoms with Crippen LogP contribution < -0.4 is 5.32 Å². The number of aliphatic hydroxyl groups excluding tert-OH is 2. The lowest BCUT2D eigenvalue weighted by atomic mass is 10.0. The Hall–Kier alpha value is -3.21. The number of aliphatic hydroxyl groups is 2. The average molecular weight is 927 g/mol. The van der Waals surface area contributed by atoms with Crippen LogP contribution in [0, 0.1) is 0 Å². The van der Waals surface area contributed by atoms with Crippen LogP contribution in [0.1, 0.15) is 251 Å². The first-order chi connectivity index (χ1) is 33.2. The van der Waals surface area contributed by atoms with Crippen molar-refractivity contribution in [1.29, 1.82) is 0 Å². The smallest absolute Gasteiger partial charge is 0.220 e. The van der Waals surface area contributed by atoms with E-state index in [1.54, 1.807) is 6.08 Å². The van der Waals surface area contributed by atoms with Crippen LogP contribution in [0.5, 0.6) is 0 Å². The summed E-state index contributed by atoms with van der Waals surface area (Å²) in [4.78, 5) is 12.4. The lowest BCUT2D eigenvalue weighted by molar-refractivity contribution is -0.123. The highest BCUT2D eigenvalue weighted by Crippen LogP contribution is 2.16. The maximum Gasteiger partial charge on any atom is 0.220 e. The Morgan fingerprint density at radius 2 is 0.672 bits per heavy atom.